The molecule has 0 atom stereocenters. The molecule has 23 heavy (non-hydrogen) atoms. The van der Waals surface area contributed by atoms with Crippen molar-refractivity contribution >= 4 is 22.8 Å². The minimum Gasteiger partial charge on any atom is -0.346 e. The fraction of sp³-hybridized carbons (Fsp3) is 0.0500. The van der Waals surface area contributed by atoms with Crippen molar-refractivity contribution in [1.29, 1.82) is 0 Å². The fourth-order valence-corrected chi connectivity index (χ4v) is 3.28. The normalized spacial score (nSPS) is 11.0. The van der Waals surface area contributed by atoms with Crippen LogP contribution >= 0.6 is 11.8 Å². The molecule has 0 spiro atoms. The lowest BCUT2D eigenvalue weighted by molar-refractivity contribution is 1.32. The maximum absolute atomic E-state index is 4.60. The van der Waals surface area contributed by atoms with Crippen molar-refractivity contribution in [2.45, 2.75) is 4.90 Å². The Balaban J connectivity index is 1.87. The Hall–Kier alpha value is -2.52. The molecule has 2 heterocycles. The summed E-state index contributed by atoms with van der Waals surface area (Å²) in [5.74, 6) is 0. The lowest BCUT2D eigenvalue weighted by Gasteiger charge is -2.05. The van der Waals surface area contributed by atoms with Gasteiger partial charge in [-0.2, -0.15) is 0 Å². The molecular formula is C20H16N2S. The van der Waals surface area contributed by atoms with Crippen LogP contribution in [0.3, 0.4) is 0 Å². The first kappa shape index (κ1) is 14.1. The summed E-state index contributed by atoms with van der Waals surface area (Å²) in [6.07, 6.45) is 6.07. The molecule has 0 saturated heterocycles. The average Bonchev–Trinajstić information content (AvgIpc) is 3.05. The van der Waals surface area contributed by atoms with Gasteiger partial charge in [0.05, 0.1) is 0 Å². The van der Waals surface area contributed by atoms with Crippen LogP contribution in [0.2, 0.25) is 0 Å². The number of rotatable bonds is 3. The van der Waals surface area contributed by atoms with E-state index in [0.29, 0.717) is 0 Å². The first-order chi connectivity index (χ1) is 11.3. The molecule has 2 aromatic carbocycles. The molecule has 0 radical (unpaired) electrons. The summed E-state index contributed by atoms with van der Waals surface area (Å²) < 4.78 is 0. The predicted molar refractivity (Wildman–Crippen MR) is 98.7 cm³/mol. The second-order valence-electron chi connectivity index (χ2n) is 5.42. The fourth-order valence-electron chi connectivity index (χ4n) is 2.82. The third kappa shape index (κ3) is 2.64. The van der Waals surface area contributed by atoms with Crippen molar-refractivity contribution in [2.75, 3.05) is 6.26 Å². The average molecular weight is 316 g/mol. The third-order valence-electron chi connectivity index (χ3n) is 4.02. The number of pyridine rings is 1. The maximum atomic E-state index is 4.60. The number of hydrogen-bond donors (Lipinski definition) is 1. The summed E-state index contributed by atoms with van der Waals surface area (Å²) in [5, 5.41) is 1.16. The van der Waals surface area contributed by atoms with Gasteiger partial charge < -0.3 is 4.98 Å². The van der Waals surface area contributed by atoms with Gasteiger partial charge in [-0.15, -0.1) is 11.8 Å². The first-order valence-electron chi connectivity index (χ1n) is 7.52. The van der Waals surface area contributed by atoms with Crippen LogP contribution in [0.25, 0.3) is 33.3 Å². The first-order valence-corrected chi connectivity index (χ1v) is 8.74. The Morgan fingerprint density at radius 3 is 2.52 bits per heavy atom. The second kappa shape index (κ2) is 5.94. The number of fused-ring (bicyclic) bond motifs is 1. The molecule has 0 unspecified atom stereocenters. The van der Waals surface area contributed by atoms with E-state index in [4.69, 9.17) is 0 Å². The topological polar surface area (TPSA) is 28.7 Å². The van der Waals surface area contributed by atoms with Crippen LogP contribution in [0.15, 0.2) is 78.0 Å². The Morgan fingerprint density at radius 2 is 1.70 bits per heavy atom. The van der Waals surface area contributed by atoms with E-state index in [9.17, 15) is 0 Å². The van der Waals surface area contributed by atoms with Crippen molar-refractivity contribution in [2.24, 2.45) is 0 Å². The lowest BCUT2D eigenvalue weighted by Crippen LogP contribution is -1.83. The number of nitrogens with one attached hydrogen (secondary N) is 1. The summed E-state index contributed by atoms with van der Waals surface area (Å²) >= 11 is 1.76. The van der Waals surface area contributed by atoms with Crippen molar-refractivity contribution in [1.82, 2.24) is 9.97 Å². The Kier molecular flexibility index (Phi) is 3.64. The zero-order valence-corrected chi connectivity index (χ0v) is 13.6. The highest BCUT2D eigenvalue weighted by Gasteiger charge is 2.09. The highest BCUT2D eigenvalue weighted by Crippen LogP contribution is 2.31. The van der Waals surface area contributed by atoms with Crippen LogP contribution in [-0.4, -0.2) is 16.2 Å². The molecule has 0 aliphatic carbocycles. The molecule has 112 valence electrons. The number of thioether (sulfide) groups is 1. The van der Waals surface area contributed by atoms with E-state index in [1.807, 2.05) is 18.5 Å². The van der Waals surface area contributed by atoms with E-state index in [-0.39, 0.29) is 0 Å². The third-order valence-corrected chi connectivity index (χ3v) is 4.74. The quantitative estimate of drug-likeness (QED) is 0.497. The molecule has 3 heteroatoms. The summed E-state index contributed by atoms with van der Waals surface area (Å²) in [4.78, 5) is 9.13. The van der Waals surface area contributed by atoms with Gasteiger partial charge >= 0.3 is 0 Å². The molecule has 2 aromatic heterocycles. The summed E-state index contributed by atoms with van der Waals surface area (Å²) in [6, 6.07) is 21.2. The molecule has 0 bridgehead atoms. The Morgan fingerprint density at radius 1 is 0.870 bits per heavy atom. The highest BCUT2D eigenvalue weighted by atomic mass is 32.2. The monoisotopic (exact) mass is 316 g/mol. The van der Waals surface area contributed by atoms with Gasteiger partial charge in [-0.25, -0.2) is 4.98 Å². The number of aromatic amines is 1. The van der Waals surface area contributed by atoms with Gasteiger partial charge in [0.1, 0.15) is 5.65 Å². The molecule has 1 N–H and O–H groups in total. The Labute approximate surface area is 139 Å². The SMILES string of the molecule is CSc1cccc(-c2cnc3[nH]cc(-c4ccccc4)c3c2)c1. The van der Waals surface area contributed by atoms with Crippen molar-refractivity contribution in [3.8, 4) is 22.3 Å². The Bertz CT molecular complexity index is 958. The van der Waals surface area contributed by atoms with Gasteiger partial charge in [0.2, 0.25) is 0 Å². The molecule has 0 amide bonds. The van der Waals surface area contributed by atoms with Gasteiger partial charge in [0.25, 0.3) is 0 Å². The molecule has 0 aliphatic heterocycles. The van der Waals surface area contributed by atoms with Gasteiger partial charge in [0.15, 0.2) is 0 Å². The van der Waals surface area contributed by atoms with E-state index in [1.165, 1.54) is 21.6 Å². The van der Waals surface area contributed by atoms with E-state index in [0.717, 1.165) is 16.6 Å². The van der Waals surface area contributed by atoms with Gasteiger partial charge in [-0.1, -0.05) is 42.5 Å². The molecule has 0 fully saturated rings. The predicted octanol–water partition coefficient (Wildman–Crippen LogP) is 5.62. The summed E-state index contributed by atoms with van der Waals surface area (Å²) in [7, 11) is 0. The number of aromatic nitrogens is 2. The van der Waals surface area contributed by atoms with Crippen LogP contribution in [0.1, 0.15) is 0 Å². The largest absolute Gasteiger partial charge is 0.346 e. The van der Waals surface area contributed by atoms with Crippen LogP contribution in [0.4, 0.5) is 0 Å². The molecule has 4 rings (SSSR count). The van der Waals surface area contributed by atoms with Crippen molar-refractivity contribution < 1.29 is 0 Å². The number of hydrogen-bond acceptors (Lipinski definition) is 2. The number of H-pyrrole nitrogens is 1. The van der Waals surface area contributed by atoms with Crippen LogP contribution < -0.4 is 0 Å². The lowest BCUT2D eigenvalue weighted by atomic mass is 10.0. The van der Waals surface area contributed by atoms with Crippen LogP contribution in [0, 0.1) is 0 Å². The van der Waals surface area contributed by atoms with Crippen molar-refractivity contribution in [3.63, 3.8) is 0 Å². The molecule has 4 aromatic rings. The minimum atomic E-state index is 0.925. The number of benzene rings is 2. The van der Waals surface area contributed by atoms with Crippen LogP contribution in [-0.2, 0) is 0 Å². The molecular weight excluding hydrogens is 300 g/mol. The minimum absolute atomic E-state index is 0.925. The molecule has 2 nitrogen and oxygen atoms in total. The maximum Gasteiger partial charge on any atom is 0.137 e. The highest BCUT2D eigenvalue weighted by molar-refractivity contribution is 7.98. The molecule has 0 saturated carbocycles. The van der Waals surface area contributed by atoms with Crippen LogP contribution in [0.5, 0.6) is 0 Å². The van der Waals surface area contributed by atoms with Gasteiger partial charge in [0, 0.05) is 33.8 Å². The molecule has 0 aliphatic rings. The second-order valence-corrected chi connectivity index (χ2v) is 6.30. The summed E-state index contributed by atoms with van der Waals surface area (Å²) in [6.45, 7) is 0. The van der Waals surface area contributed by atoms with E-state index in [1.54, 1.807) is 11.8 Å². The van der Waals surface area contributed by atoms with Gasteiger partial charge in [-0.05, 0) is 35.6 Å². The zero-order chi connectivity index (χ0) is 15.6. The van der Waals surface area contributed by atoms with Crippen molar-refractivity contribution in [3.05, 3.63) is 73.1 Å². The zero-order valence-electron chi connectivity index (χ0n) is 12.8. The number of nitrogens with zero attached hydrogens (tertiary/aromatic N) is 1. The standard InChI is InChI=1S/C20H16N2S/c1-23-17-9-5-8-15(10-17)16-11-18-19(13-22-20(18)21-12-16)14-6-3-2-4-7-14/h2-13H,1H3,(H,21,22). The van der Waals surface area contributed by atoms with E-state index in [2.05, 4.69) is 70.8 Å². The summed E-state index contributed by atoms with van der Waals surface area (Å²) in [5.41, 5.74) is 5.66. The van der Waals surface area contributed by atoms with E-state index < -0.39 is 0 Å². The van der Waals surface area contributed by atoms with E-state index >= 15 is 0 Å². The van der Waals surface area contributed by atoms with Gasteiger partial charge in [-0.3, -0.25) is 0 Å². The smallest absolute Gasteiger partial charge is 0.137 e.